The van der Waals surface area contributed by atoms with Crippen molar-refractivity contribution in [3.8, 4) is 0 Å². The SMILES string of the molecule is CCCCCC(=O)c1oc(N2CCCC2)c(C(=O)OC)c1C(=O)OC. The number of nitrogens with zero attached hydrogens (tertiary/aromatic N) is 1. The minimum atomic E-state index is -0.770. The van der Waals surface area contributed by atoms with Crippen LogP contribution >= 0.6 is 0 Å². The quantitative estimate of drug-likeness (QED) is 0.404. The van der Waals surface area contributed by atoms with Crippen LogP contribution in [0.1, 0.15) is 76.7 Å². The Hall–Kier alpha value is -2.31. The number of carbonyl (C=O) groups excluding carboxylic acids is 3. The number of hydrogen-bond acceptors (Lipinski definition) is 7. The summed E-state index contributed by atoms with van der Waals surface area (Å²) in [5.74, 6) is -1.66. The summed E-state index contributed by atoms with van der Waals surface area (Å²) in [6, 6.07) is 0. The van der Waals surface area contributed by atoms with Crippen LogP contribution in [0, 0.1) is 0 Å². The van der Waals surface area contributed by atoms with Gasteiger partial charge in [-0.15, -0.1) is 0 Å². The second kappa shape index (κ2) is 8.69. The first-order chi connectivity index (χ1) is 12.0. The molecule has 1 aromatic heterocycles. The molecule has 1 fully saturated rings. The number of rotatable bonds is 8. The Kier molecular flexibility index (Phi) is 6.61. The van der Waals surface area contributed by atoms with E-state index in [9.17, 15) is 14.4 Å². The van der Waals surface area contributed by atoms with E-state index in [2.05, 4.69) is 0 Å². The van der Waals surface area contributed by atoms with E-state index >= 15 is 0 Å². The topological polar surface area (TPSA) is 86.0 Å². The van der Waals surface area contributed by atoms with Gasteiger partial charge >= 0.3 is 11.9 Å². The number of esters is 2. The summed E-state index contributed by atoms with van der Waals surface area (Å²) in [7, 11) is 2.43. The largest absolute Gasteiger partial charge is 0.465 e. The Morgan fingerprint density at radius 1 is 1.00 bits per heavy atom. The standard InChI is InChI=1S/C18H25NO6/c1-4-5-6-9-12(20)15-13(17(21)23-2)14(18(22)24-3)16(25-15)19-10-7-8-11-19/h4-11H2,1-3H3. The van der Waals surface area contributed by atoms with Crippen molar-refractivity contribution in [3.63, 3.8) is 0 Å². The number of hydrogen-bond donors (Lipinski definition) is 0. The van der Waals surface area contributed by atoms with Gasteiger partial charge in [-0.1, -0.05) is 19.8 Å². The molecule has 0 aliphatic carbocycles. The number of ketones is 1. The van der Waals surface area contributed by atoms with E-state index in [-0.39, 0.29) is 35.0 Å². The molecule has 2 heterocycles. The molecule has 7 nitrogen and oxygen atoms in total. The molecule has 0 saturated carbocycles. The average molecular weight is 351 g/mol. The summed E-state index contributed by atoms with van der Waals surface area (Å²) < 4.78 is 15.3. The fraction of sp³-hybridized carbons (Fsp3) is 0.611. The van der Waals surface area contributed by atoms with Gasteiger partial charge in [-0.05, 0) is 19.3 Å². The van der Waals surface area contributed by atoms with E-state index < -0.39 is 11.9 Å². The van der Waals surface area contributed by atoms with Crippen LogP contribution in [0.5, 0.6) is 0 Å². The van der Waals surface area contributed by atoms with Gasteiger partial charge < -0.3 is 18.8 Å². The van der Waals surface area contributed by atoms with Gasteiger partial charge in [0.25, 0.3) is 0 Å². The highest BCUT2D eigenvalue weighted by atomic mass is 16.5. The molecule has 0 atom stereocenters. The van der Waals surface area contributed by atoms with Gasteiger partial charge in [-0.2, -0.15) is 0 Å². The van der Waals surface area contributed by atoms with Crippen molar-refractivity contribution in [2.24, 2.45) is 0 Å². The molecule has 1 saturated heterocycles. The molecule has 0 unspecified atom stereocenters. The fourth-order valence-corrected chi connectivity index (χ4v) is 3.00. The first-order valence-electron chi connectivity index (χ1n) is 8.66. The summed E-state index contributed by atoms with van der Waals surface area (Å²) in [6.07, 6.45) is 4.74. The monoisotopic (exact) mass is 351 g/mol. The van der Waals surface area contributed by atoms with Crippen molar-refractivity contribution >= 4 is 23.6 Å². The lowest BCUT2D eigenvalue weighted by Crippen LogP contribution is -2.21. The van der Waals surface area contributed by atoms with Gasteiger partial charge in [0.2, 0.25) is 5.88 Å². The molecule has 0 spiro atoms. The zero-order valence-corrected chi connectivity index (χ0v) is 15.1. The van der Waals surface area contributed by atoms with Gasteiger partial charge in [-0.25, -0.2) is 9.59 Å². The van der Waals surface area contributed by atoms with Crippen LogP contribution in [-0.2, 0) is 9.47 Å². The van der Waals surface area contributed by atoms with Crippen LogP contribution in [-0.4, -0.2) is 45.0 Å². The summed E-state index contributed by atoms with van der Waals surface area (Å²) >= 11 is 0. The van der Waals surface area contributed by atoms with Gasteiger partial charge in [0.1, 0.15) is 11.1 Å². The fourth-order valence-electron chi connectivity index (χ4n) is 3.00. The Balaban J connectivity index is 2.51. The lowest BCUT2D eigenvalue weighted by molar-refractivity contribution is 0.0555. The third kappa shape index (κ3) is 4.03. The van der Waals surface area contributed by atoms with Crippen LogP contribution in [0.15, 0.2) is 4.42 Å². The molecule has 0 bridgehead atoms. The molecule has 0 radical (unpaired) electrons. The Morgan fingerprint density at radius 3 is 2.16 bits per heavy atom. The number of ether oxygens (including phenoxy) is 2. The number of furan rings is 1. The molecule has 1 aliphatic rings. The predicted molar refractivity (Wildman–Crippen MR) is 91.3 cm³/mol. The van der Waals surface area contributed by atoms with Crippen LogP contribution in [0.3, 0.4) is 0 Å². The van der Waals surface area contributed by atoms with Gasteiger partial charge in [0, 0.05) is 19.5 Å². The molecule has 1 aliphatic heterocycles. The zero-order chi connectivity index (χ0) is 18.4. The molecule has 25 heavy (non-hydrogen) atoms. The maximum absolute atomic E-state index is 12.6. The zero-order valence-electron chi connectivity index (χ0n) is 15.1. The third-order valence-electron chi connectivity index (χ3n) is 4.32. The lowest BCUT2D eigenvalue weighted by atomic mass is 10.0. The minimum Gasteiger partial charge on any atom is -0.465 e. The van der Waals surface area contributed by atoms with E-state index in [1.165, 1.54) is 14.2 Å². The van der Waals surface area contributed by atoms with E-state index in [1.807, 2.05) is 11.8 Å². The number of unbranched alkanes of at least 4 members (excludes halogenated alkanes) is 2. The lowest BCUT2D eigenvalue weighted by Gasteiger charge is -2.15. The normalized spacial score (nSPS) is 13.8. The molecular weight excluding hydrogens is 326 g/mol. The second-order valence-corrected chi connectivity index (χ2v) is 6.04. The number of anilines is 1. The number of methoxy groups -OCH3 is 2. The van der Waals surface area contributed by atoms with Crippen LogP contribution in [0.4, 0.5) is 5.88 Å². The first-order valence-corrected chi connectivity index (χ1v) is 8.66. The number of Topliss-reactive ketones (excluding diaryl/α,β-unsaturated/α-hetero) is 1. The number of carbonyl (C=O) groups is 3. The average Bonchev–Trinajstić information content (AvgIpc) is 3.27. The summed E-state index contributed by atoms with van der Waals surface area (Å²) in [4.78, 5) is 39.0. The molecule has 0 N–H and O–H groups in total. The highest BCUT2D eigenvalue weighted by molar-refractivity contribution is 6.13. The van der Waals surface area contributed by atoms with Crippen LogP contribution < -0.4 is 4.90 Å². The van der Waals surface area contributed by atoms with E-state index in [4.69, 9.17) is 13.9 Å². The van der Waals surface area contributed by atoms with Gasteiger partial charge in [0.05, 0.1) is 14.2 Å². The van der Waals surface area contributed by atoms with Crippen LogP contribution in [0.2, 0.25) is 0 Å². The molecule has 0 amide bonds. The highest BCUT2D eigenvalue weighted by Gasteiger charge is 2.36. The van der Waals surface area contributed by atoms with Crippen molar-refractivity contribution in [2.75, 3.05) is 32.2 Å². The molecule has 138 valence electrons. The Morgan fingerprint density at radius 2 is 1.60 bits per heavy atom. The molecular formula is C18H25NO6. The second-order valence-electron chi connectivity index (χ2n) is 6.04. The molecule has 7 heteroatoms. The Bertz CT molecular complexity index is 642. The van der Waals surface area contributed by atoms with E-state index in [0.29, 0.717) is 19.5 Å². The third-order valence-corrected chi connectivity index (χ3v) is 4.32. The molecule has 1 aromatic rings. The van der Waals surface area contributed by atoms with Crippen LogP contribution in [0.25, 0.3) is 0 Å². The minimum absolute atomic E-state index is 0.0184. The van der Waals surface area contributed by atoms with E-state index in [1.54, 1.807) is 0 Å². The van der Waals surface area contributed by atoms with Crippen molar-refractivity contribution in [1.82, 2.24) is 0 Å². The van der Waals surface area contributed by atoms with Crippen molar-refractivity contribution < 1.29 is 28.3 Å². The maximum atomic E-state index is 12.6. The van der Waals surface area contributed by atoms with Crippen molar-refractivity contribution in [2.45, 2.75) is 45.4 Å². The first kappa shape index (κ1) is 19.0. The van der Waals surface area contributed by atoms with Crippen molar-refractivity contribution in [1.29, 1.82) is 0 Å². The summed E-state index contributed by atoms with van der Waals surface area (Å²) in [5, 5.41) is 0. The highest BCUT2D eigenvalue weighted by Crippen LogP contribution is 2.34. The van der Waals surface area contributed by atoms with Gasteiger partial charge in [-0.3, -0.25) is 4.79 Å². The summed E-state index contributed by atoms with van der Waals surface area (Å²) in [6.45, 7) is 3.43. The summed E-state index contributed by atoms with van der Waals surface area (Å²) in [5.41, 5.74) is -0.146. The van der Waals surface area contributed by atoms with E-state index in [0.717, 1.165) is 25.7 Å². The van der Waals surface area contributed by atoms with Crippen molar-refractivity contribution in [3.05, 3.63) is 16.9 Å². The predicted octanol–water partition coefficient (Wildman–Crippen LogP) is 3.22. The maximum Gasteiger partial charge on any atom is 0.344 e. The smallest absolute Gasteiger partial charge is 0.344 e. The Labute approximate surface area is 147 Å². The molecule has 2 rings (SSSR count). The molecule has 0 aromatic carbocycles. The van der Waals surface area contributed by atoms with Gasteiger partial charge in [0.15, 0.2) is 11.5 Å².